The van der Waals surface area contributed by atoms with E-state index in [0.29, 0.717) is 24.5 Å². The van der Waals surface area contributed by atoms with Crippen LogP contribution in [0.4, 0.5) is 5.82 Å². The van der Waals surface area contributed by atoms with Gasteiger partial charge in [0.2, 0.25) is 5.91 Å². The van der Waals surface area contributed by atoms with E-state index in [1.807, 2.05) is 41.8 Å². The molecule has 4 rings (SSSR count). The number of benzene rings is 1. The zero-order valence-corrected chi connectivity index (χ0v) is 14.6. The van der Waals surface area contributed by atoms with Crippen LogP contribution in [-0.2, 0) is 24.8 Å². The van der Waals surface area contributed by atoms with Gasteiger partial charge in [-0.25, -0.2) is 0 Å². The number of amides is 2. The molecule has 2 amide bonds. The van der Waals surface area contributed by atoms with Gasteiger partial charge in [-0.05, 0) is 25.0 Å². The molecule has 0 atom stereocenters. The fraction of sp³-hybridized carbons (Fsp3) is 0.421. The number of aromatic nitrogens is 2. The summed E-state index contributed by atoms with van der Waals surface area (Å²) in [6, 6.07) is 9.09. The fourth-order valence-corrected chi connectivity index (χ4v) is 3.42. The first-order chi connectivity index (χ1) is 12.0. The smallest absolute Gasteiger partial charge is 0.256 e. The summed E-state index contributed by atoms with van der Waals surface area (Å²) in [5.41, 5.74) is 2.47. The summed E-state index contributed by atoms with van der Waals surface area (Å²) in [5.74, 6) is 0.603. The molecule has 25 heavy (non-hydrogen) atoms. The molecule has 2 aliphatic rings. The number of aryl methyl sites for hydroxylation is 1. The maximum Gasteiger partial charge on any atom is 0.256 e. The largest absolute Gasteiger partial charge is 0.337 e. The third-order valence-electron chi connectivity index (χ3n) is 5.31. The molecule has 1 aromatic carbocycles. The average molecular weight is 338 g/mol. The molecule has 2 aromatic rings. The van der Waals surface area contributed by atoms with Crippen LogP contribution in [0.5, 0.6) is 0 Å². The molecule has 1 N–H and O–H groups in total. The first-order valence-corrected chi connectivity index (χ1v) is 8.68. The number of anilines is 1. The highest BCUT2D eigenvalue weighted by atomic mass is 16.2. The Morgan fingerprint density at radius 2 is 1.92 bits per heavy atom. The molecule has 0 bridgehead atoms. The highest BCUT2D eigenvalue weighted by Gasteiger charge is 2.47. The summed E-state index contributed by atoms with van der Waals surface area (Å²) in [7, 11) is 1.89. The summed E-state index contributed by atoms with van der Waals surface area (Å²) in [5, 5.41) is 7.39. The van der Waals surface area contributed by atoms with Crippen molar-refractivity contribution in [2.75, 3.05) is 11.9 Å². The molecular weight excluding hydrogens is 316 g/mol. The molecule has 1 aromatic heterocycles. The van der Waals surface area contributed by atoms with Crippen LogP contribution in [0.2, 0.25) is 0 Å². The molecule has 0 unspecified atom stereocenters. The van der Waals surface area contributed by atoms with E-state index in [2.05, 4.69) is 10.4 Å². The second-order valence-electron chi connectivity index (χ2n) is 7.25. The maximum atomic E-state index is 12.7. The number of rotatable bonds is 3. The molecule has 0 saturated heterocycles. The number of carbonyl (C=O) groups excluding carboxylic acids is 2. The van der Waals surface area contributed by atoms with Crippen molar-refractivity contribution < 1.29 is 9.59 Å². The third-order valence-corrected chi connectivity index (χ3v) is 5.31. The number of carbonyl (C=O) groups is 2. The van der Waals surface area contributed by atoms with Crippen molar-refractivity contribution in [1.82, 2.24) is 14.7 Å². The zero-order valence-electron chi connectivity index (χ0n) is 14.6. The molecule has 0 radical (unpaired) electrons. The predicted octanol–water partition coefficient (Wildman–Crippen LogP) is 2.36. The lowest BCUT2D eigenvalue weighted by Crippen LogP contribution is -2.40. The Bertz CT molecular complexity index is 837. The highest BCUT2D eigenvalue weighted by molar-refractivity contribution is 6.04. The quantitative estimate of drug-likeness (QED) is 0.934. The van der Waals surface area contributed by atoms with Crippen molar-refractivity contribution in [2.24, 2.45) is 12.5 Å². The Balaban J connectivity index is 1.57. The van der Waals surface area contributed by atoms with Crippen LogP contribution >= 0.6 is 0 Å². The SMILES string of the molecule is Cn1nc(NC(=O)c2ccccc2)c2c1CCN(C(=O)C1(C)CC1)C2. The van der Waals surface area contributed by atoms with Crippen molar-refractivity contribution in [2.45, 2.75) is 32.7 Å². The van der Waals surface area contributed by atoms with Crippen LogP contribution in [0, 0.1) is 5.41 Å². The van der Waals surface area contributed by atoms with Gasteiger partial charge < -0.3 is 10.2 Å². The van der Waals surface area contributed by atoms with Gasteiger partial charge in [-0.15, -0.1) is 0 Å². The standard InChI is InChI=1S/C19H22N4O2/c1-19(9-10-19)18(25)23-11-8-15-14(12-23)16(21-22(15)2)20-17(24)13-6-4-3-5-7-13/h3-7H,8-12H2,1-2H3,(H,20,21,24). The van der Waals surface area contributed by atoms with E-state index < -0.39 is 0 Å². The van der Waals surface area contributed by atoms with E-state index >= 15 is 0 Å². The summed E-state index contributed by atoms with van der Waals surface area (Å²) < 4.78 is 1.82. The van der Waals surface area contributed by atoms with E-state index in [9.17, 15) is 9.59 Å². The van der Waals surface area contributed by atoms with Gasteiger partial charge >= 0.3 is 0 Å². The first-order valence-electron chi connectivity index (χ1n) is 8.68. The third kappa shape index (κ3) is 2.81. The number of hydrogen-bond acceptors (Lipinski definition) is 3. The second kappa shape index (κ2) is 5.72. The van der Waals surface area contributed by atoms with Crippen LogP contribution in [0.3, 0.4) is 0 Å². The predicted molar refractivity (Wildman–Crippen MR) is 94.1 cm³/mol. The Morgan fingerprint density at radius 3 is 2.60 bits per heavy atom. The molecule has 1 fully saturated rings. The van der Waals surface area contributed by atoms with Gasteiger partial charge in [0.1, 0.15) is 0 Å². The van der Waals surface area contributed by atoms with Crippen molar-refractivity contribution in [3.63, 3.8) is 0 Å². The molecule has 6 heteroatoms. The van der Waals surface area contributed by atoms with E-state index in [1.165, 1.54) is 0 Å². The van der Waals surface area contributed by atoms with Gasteiger partial charge in [-0.3, -0.25) is 14.3 Å². The van der Waals surface area contributed by atoms with E-state index in [-0.39, 0.29) is 17.2 Å². The van der Waals surface area contributed by atoms with Crippen LogP contribution < -0.4 is 5.32 Å². The molecule has 1 saturated carbocycles. The van der Waals surface area contributed by atoms with E-state index in [0.717, 1.165) is 30.5 Å². The van der Waals surface area contributed by atoms with Gasteiger partial charge in [0.15, 0.2) is 5.82 Å². The number of nitrogens with one attached hydrogen (secondary N) is 1. The molecular formula is C19H22N4O2. The minimum atomic E-state index is -0.181. The molecule has 1 aliphatic heterocycles. The Kier molecular flexibility index (Phi) is 3.63. The summed E-state index contributed by atoms with van der Waals surface area (Å²) in [4.78, 5) is 27.0. The van der Waals surface area contributed by atoms with Crippen LogP contribution in [0.1, 0.15) is 41.4 Å². The average Bonchev–Trinajstić information content (AvgIpc) is 3.31. The fourth-order valence-electron chi connectivity index (χ4n) is 3.42. The zero-order chi connectivity index (χ0) is 17.6. The maximum absolute atomic E-state index is 12.7. The number of fused-ring (bicyclic) bond motifs is 1. The van der Waals surface area contributed by atoms with Gasteiger partial charge in [-0.2, -0.15) is 5.10 Å². The molecule has 6 nitrogen and oxygen atoms in total. The molecule has 1 aliphatic carbocycles. The van der Waals surface area contributed by atoms with Crippen molar-refractivity contribution >= 4 is 17.6 Å². The van der Waals surface area contributed by atoms with Crippen molar-refractivity contribution in [1.29, 1.82) is 0 Å². The lowest BCUT2D eigenvalue weighted by molar-refractivity contribution is -0.137. The summed E-state index contributed by atoms with van der Waals surface area (Å²) in [6.45, 7) is 3.27. The Hall–Kier alpha value is -2.63. The van der Waals surface area contributed by atoms with Crippen molar-refractivity contribution in [3.8, 4) is 0 Å². The lowest BCUT2D eigenvalue weighted by atomic mass is 10.0. The molecule has 2 heterocycles. The van der Waals surface area contributed by atoms with Crippen LogP contribution in [0.15, 0.2) is 30.3 Å². The topological polar surface area (TPSA) is 67.2 Å². The van der Waals surface area contributed by atoms with Gasteiger partial charge in [0.25, 0.3) is 5.91 Å². The van der Waals surface area contributed by atoms with Gasteiger partial charge in [-0.1, -0.05) is 25.1 Å². The molecule has 0 spiro atoms. The normalized spacial score (nSPS) is 17.8. The minimum Gasteiger partial charge on any atom is -0.337 e. The number of nitrogens with zero attached hydrogens (tertiary/aromatic N) is 3. The van der Waals surface area contributed by atoms with E-state index in [1.54, 1.807) is 12.1 Å². The van der Waals surface area contributed by atoms with E-state index in [4.69, 9.17) is 0 Å². The Labute approximate surface area is 146 Å². The summed E-state index contributed by atoms with van der Waals surface area (Å²) >= 11 is 0. The van der Waals surface area contributed by atoms with Gasteiger partial charge in [0, 0.05) is 42.2 Å². The van der Waals surface area contributed by atoms with Crippen molar-refractivity contribution in [3.05, 3.63) is 47.2 Å². The highest BCUT2D eigenvalue weighted by Crippen LogP contribution is 2.47. The van der Waals surface area contributed by atoms with Gasteiger partial charge in [0.05, 0.1) is 6.54 Å². The van der Waals surface area contributed by atoms with Crippen LogP contribution in [0.25, 0.3) is 0 Å². The first kappa shape index (κ1) is 15.9. The number of hydrogen-bond donors (Lipinski definition) is 1. The molecule has 130 valence electrons. The second-order valence-corrected chi connectivity index (χ2v) is 7.25. The minimum absolute atomic E-state index is 0.173. The Morgan fingerprint density at radius 1 is 1.20 bits per heavy atom. The summed E-state index contributed by atoms with van der Waals surface area (Å²) in [6.07, 6.45) is 2.71. The lowest BCUT2D eigenvalue weighted by Gasteiger charge is -2.30. The monoisotopic (exact) mass is 338 g/mol. The van der Waals surface area contributed by atoms with Crippen LogP contribution in [-0.4, -0.2) is 33.0 Å².